The van der Waals surface area contributed by atoms with Crippen molar-refractivity contribution < 1.29 is 27.7 Å². The fraction of sp³-hybridized carbons (Fsp3) is 0.579. The van der Waals surface area contributed by atoms with Crippen LogP contribution >= 0.6 is 0 Å². The van der Waals surface area contributed by atoms with Crippen molar-refractivity contribution >= 4 is 23.3 Å². The molecular weight excluding hydrogens is 419 g/mol. The lowest BCUT2D eigenvalue weighted by Crippen LogP contribution is -2.44. The maximum Gasteiger partial charge on any atom is 0.416 e. The van der Waals surface area contributed by atoms with Gasteiger partial charge >= 0.3 is 12.2 Å². The summed E-state index contributed by atoms with van der Waals surface area (Å²) in [5, 5.41) is 21.7. The van der Waals surface area contributed by atoms with Crippen LogP contribution in [0.25, 0.3) is 0 Å². The van der Waals surface area contributed by atoms with Crippen LogP contribution in [0.2, 0.25) is 0 Å². The number of alkyl halides is 3. The highest BCUT2D eigenvalue weighted by atomic mass is 19.4. The Morgan fingerprint density at radius 2 is 1.77 bits per heavy atom. The Balaban J connectivity index is 1.67. The van der Waals surface area contributed by atoms with E-state index in [1.165, 1.54) is 6.42 Å². The lowest BCUT2D eigenvalue weighted by atomic mass is 9.96. The second-order valence-electron chi connectivity index (χ2n) is 7.25. The molecule has 1 aromatic rings. The van der Waals surface area contributed by atoms with Gasteiger partial charge in [-0.2, -0.15) is 13.2 Å². The number of anilines is 1. The Kier molecular flexibility index (Phi) is 8.88. The third kappa shape index (κ3) is 8.30. The molecule has 0 unspecified atom stereocenters. The first-order valence-corrected chi connectivity index (χ1v) is 10.1. The average molecular weight is 445 g/mol. The summed E-state index contributed by atoms with van der Waals surface area (Å²) in [7, 11) is 0. The van der Waals surface area contributed by atoms with Crippen LogP contribution in [-0.4, -0.2) is 42.5 Å². The summed E-state index contributed by atoms with van der Waals surface area (Å²) in [5.74, 6) is -0.332. The highest BCUT2D eigenvalue weighted by Crippen LogP contribution is 2.34. The van der Waals surface area contributed by atoms with E-state index in [4.69, 9.17) is 0 Å². The van der Waals surface area contributed by atoms with Gasteiger partial charge in [0.25, 0.3) is 5.69 Å². The fourth-order valence-electron chi connectivity index (χ4n) is 3.27. The summed E-state index contributed by atoms with van der Waals surface area (Å²) < 4.78 is 38.1. The lowest BCUT2D eigenvalue weighted by Gasteiger charge is -2.22. The van der Waals surface area contributed by atoms with Crippen molar-refractivity contribution in [3.8, 4) is 0 Å². The molecule has 0 aromatic heterocycles. The highest BCUT2D eigenvalue weighted by Gasteiger charge is 2.33. The second-order valence-corrected chi connectivity index (χ2v) is 7.25. The number of hydrogen-bond acceptors (Lipinski definition) is 5. The summed E-state index contributed by atoms with van der Waals surface area (Å²) in [6, 6.07) is 2.06. The molecule has 1 saturated carbocycles. The number of carbonyl (C=O) groups excluding carboxylic acids is 2. The summed E-state index contributed by atoms with van der Waals surface area (Å²) in [5.41, 5.74) is -1.89. The number of rotatable bonds is 9. The molecule has 1 aromatic carbocycles. The van der Waals surface area contributed by atoms with Crippen LogP contribution in [-0.2, 0) is 11.0 Å². The van der Waals surface area contributed by atoms with Crippen molar-refractivity contribution in [2.75, 3.05) is 25.0 Å². The van der Waals surface area contributed by atoms with E-state index in [-0.39, 0.29) is 49.7 Å². The largest absolute Gasteiger partial charge is 0.416 e. The molecule has 0 aliphatic heterocycles. The molecule has 0 radical (unpaired) electrons. The van der Waals surface area contributed by atoms with E-state index in [1.807, 2.05) is 0 Å². The highest BCUT2D eigenvalue weighted by molar-refractivity contribution is 5.78. The Bertz CT molecular complexity index is 782. The molecule has 12 heteroatoms. The van der Waals surface area contributed by atoms with Crippen molar-refractivity contribution in [2.45, 2.75) is 50.7 Å². The van der Waals surface area contributed by atoms with Crippen molar-refractivity contribution in [2.24, 2.45) is 0 Å². The maximum absolute atomic E-state index is 12.7. The number of nitrogens with one attached hydrogen (secondary N) is 4. The standard InChI is InChI=1S/C19H26F3N5O4/c20-19(21,22)13-6-7-15(16(12-13)27(30)31)23-10-11-24-17(28)8-9-25-18(29)26-14-4-2-1-3-5-14/h6-7,12,14,23H,1-5,8-11H2,(H,24,28)(H2,25,26,29). The van der Waals surface area contributed by atoms with Gasteiger partial charge in [-0.15, -0.1) is 0 Å². The van der Waals surface area contributed by atoms with Crippen molar-refractivity contribution in [1.82, 2.24) is 16.0 Å². The van der Waals surface area contributed by atoms with Gasteiger partial charge in [-0.1, -0.05) is 19.3 Å². The summed E-state index contributed by atoms with van der Waals surface area (Å²) in [6.07, 6.45) is 0.655. The third-order valence-electron chi connectivity index (χ3n) is 4.86. The molecule has 0 spiro atoms. The minimum Gasteiger partial charge on any atom is -0.378 e. The predicted molar refractivity (Wildman–Crippen MR) is 108 cm³/mol. The number of halogens is 3. The fourth-order valence-corrected chi connectivity index (χ4v) is 3.27. The van der Waals surface area contributed by atoms with Crippen LogP contribution in [0.4, 0.5) is 29.3 Å². The molecule has 9 nitrogen and oxygen atoms in total. The molecule has 1 fully saturated rings. The zero-order valence-electron chi connectivity index (χ0n) is 16.9. The van der Waals surface area contributed by atoms with E-state index in [1.54, 1.807) is 0 Å². The van der Waals surface area contributed by atoms with Crippen molar-refractivity contribution in [3.05, 3.63) is 33.9 Å². The van der Waals surface area contributed by atoms with Gasteiger partial charge in [0.15, 0.2) is 0 Å². The Labute approximate surface area is 177 Å². The molecule has 0 bridgehead atoms. The van der Waals surface area contributed by atoms with Gasteiger partial charge in [-0.05, 0) is 25.0 Å². The summed E-state index contributed by atoms with van der Waals surface area (Å²) in [4.78, 5) is 33.7. The molecule has 4 N–H and O–H groups in total. The number of benzene rings is 1. The predicted octanol–water partition coefficient (Wildman–Crippen LogP) is 3.16. The Hall–Kier alpha value is -3.05. The average Bonchev–Trinajstić information content (AvgIpc) is 2.71. The van der Waals surface area contributed by atoms with E-state index in [0.717, 1.165) is 37.8 Å². The maximum atomic E-state index is 12.7. The van der Waals surface area contributed by atoms with Crippen molar-refractivity contribution in [3.63, 3.8) is 0 Å². The molecule has 2 rings (SSSR count). The van der Waals surface area contributed by atoms with E-state index in [0.29, 0.717) is 6.07 Å². The molecule has 0 saturated heterocycles. The minimum atomic E-state index is -4.68. The lowest BCUT2D eigenvalue weighted by molar-refractivity contribution is -0.384. The normalized spacial score (nSPS) is 14.5. The van der Waals surface area contributed by atoms with E-state index >= 15 is 0 Å². The Morgan fingerprint density at radius 1 is 1.06 bits per heavy atom. The molecule has 31 heavy (non-hydrogen) atoms. The smallest absolute Gasteiger partial charge is 0.378 e. The number of nitrogens with zero attached hydrogens (tertiary/aromatic N) is 1. The first-order valence-electron chi connectivity index (χ1n) is 10.1. The molecule has 1 aliphatic rings. The van der Waals surface area contributed by atoms with Gasteiger partial charge in [0, 0.05) is 38.2 Å². The SMILES string of the molecule is O=C(CCNC(=O)NC1CCCCC1)NCCNc1ccc(C(F)(F)F)cc1[N+](=O)[O-]. The number of nitro benzene ring substituents is 1. The monoisotopic (exact) mass is 445 g/mol. The number of amides is 3. The van der Waals surface area contributed by atoms with Gasteiger partial charge in [0.05, 0.1) is 10.5 Å². The quantitative estimate of drug-likeness (QED) is 0.264. The van der Waals surface area contributed by atoms with Gasteiger partial charge in [-0.25, -0.2) is 4.79 Å². The first-order chi connectivity index (χ1) is 14.7. The molecule has 172 valence electrons. The third-order valence-corrected chi connectivity index (χ3v) is 4.86. The van der Waals surface area contributed by atoms with E-state index < -0.39 is 22.4 Å². The van der Waals surface area contributed by atoms with Crippen LogP contribution in [0.15, 0.2) is 18.2 Å². The summed E-state index contributed by atoms with van der Waals surface area (Å²) >= 11 is 0. The van der Waals surface area contributed by atoms with Crippen LogP contribution in [0.1, 0.15) is 44.1 Å². The molecule has 0 atom stereocenters. The summed E-state index contributed by atoms with van der Waals surface area (Å²) in [6.45, 7) is 0.334. The minimum absolute atomic E-state index is 0.0541. The van der Waals surface area contributed by atoms with Crippen LogP contribution in [0, 0.1) is 10.1 Å². The number of carbonyl (C=O) groups is 2. The number of urea groups is 1. The number of nitro groups is 1. The van der Waals surface area contributed by atoms with Crippen molar-refractivity contribution in [1.29, 1.82) is 0 Å². The molecular formula is C19H26F3N5O4. The second kappa shape index (κ2) is 11.4. The van der Waals surface area contributed by atoms with Crippen LogP contribution in [0.5, 0.6) is 0 Å². The zero-order valence-corrected chi connectivity index (χ0v) is 16.9. The zero-order chi connectivity index (χ0) is 22.9. The van der Waals surface area contributed by atoms with Gasteiger partial charge < -0.3 is 21.3 Å². The van der Waals surface area contributed by atoms with Gasteiger partial charge in [0.1, 0.15) is 5.69 Å². The molecule has 0 heterocycles. The van der Waals surface area contributed by atoms with Crippen LogP contribution < -0.4 is 21.3 Å². The van der Waals surface area contributed by atoms with Gasteiger partial charge in [0.2, 0.25) is 5.91 Å². The van der Waals surface area contributed by atoms with Crippen LogP contribution in [0.3, 0.4) is 0 Å². The Morgan fingerprint density at radius 3 is 2.42 bits per heavy atom. The van der Waals surface area contributed by atoms with Gasteiger partial charge in [-0.3, -0.25) is 14.9 Å². The molecule has 1 aliphatic carbocycles. The van der Waals surface area contributed by atoms with E-state index in [2.05, 4.69) is 21.3 Å². The number of hydrogen-bond donors (Lipinski definition) is 4. The topological polar surface area (TPSA) is 125 Å². The first kappa shape index (κ1) is 24.2. The van der Waals surface area contributed by atoms with E-state index in [9.17, 15) is 32.9 Å². The molecule has 3 amide bonds.